The highest BCUT2D eigenvalue weighted by atomic mass is 35.5. The summed E-state index contributed by atoms with van der Waals surface area (Å²) >= 11 is 0. The molecule has 0 saturated heterocycles. The van der Waals surface area contributed by atoms with Crippen LogP contribution in [-0.4, -0.2) is 21.0 Å². The monoisotopic (exact) mass is 190 g/mol. The molecule has 0 bridgehead atoms. The molecule has 0 fully saturated rings. The van der Waals surface area contributed by atoms with Crippen LogP contribution in [0.5, 0.6) is 0 Å². The Morgan fingerprint density at radius 2 is 2.17 bits per heavy atom. The summed E-state index contributed by atoms with van der Waals surface area (Å²) in [6.07, 6.45) is 3.48. The number of hydrogen-bond donors (Lipinski definition) is 1. The topological polar surface area (TPSA) is 56.7 Å². The number of aromatic nitrogens is 3. The highest BCUT2D eigenvalue weighted by molar-refractivity contribution is 5.85. The largest absolute Gasteiger partial charge is 0.326 e. The van der Waals surface area contributed by atoms with Crippen molar-refractivity contribution in [1.82, 2.24) is 15.0 Å². The first-order valence-electron chi connectivity index (χ1n) is 3.80. The molecule has 70 valence electrons. The molecule has 1 unspecified atom stereocenters. The van der Waals surface area contributed by atoms with Crippen LogP contribution in [0.4, 0.5) is 0 Å². The van der Waals surface area contributed by atoms with Crippen molar-refractivity contribution in [3.8, 4) is 0 Å². The van der Waals surface area contributed by atoms with Gasteiger partial charge in [-0.05, 0) is 5.92 Å². The molecular weight excluding hydrogens is 176 g/mol. The van der Waals surface area contributed by atoms with Crippen molar-refractivity contribution in [2.75, 3.05) is 0 Å². The first kappa shape index (κ1) is 11.4. The zero-order chi connectivity index (χ0) is 8.27. The van der Waals surface area contributed by atoms with Crippen molar-refractivity contribution in [1.29, 1.82) is 0 Å². The third-order valence-electron chi connectivity index (χ3n) is 1.73. The molecular formula is C7H15ClN4. The van der Waals surface area contributed by atoms with E-state index in [1.807, 2.05) is 6.20 Å². The minimum atomic E-state index is 0. The maximum atomic E-state index is 5.82. The van der Waals surface area contributed by atoms with E-state index < -0.39 is 0 Å². The van der Waals surface area contributed by atoms with Crippen LogP contribution in [0, 0.1) is 5.92 Å². The summed E-state index contributed by atoms with van der Waals surface area (Å²) in [7, 11) is 0. The minimum absolute atomic E-state index is 0. The number of halogens is 1. The molecule has 1 aromatic heterocycles. The van der Waals surface area contributed by atoms with E-state index in [2.05, 4.69) is 24.2 Å². The molecule has 0 spiro atoms. The van der Waals surface area contributed by atoms with Gasteiger partial charge in [-0.3, -0.25) is 4.68 Å². The first-order chi connectivity index (χ1) is 5.20. The zero-order valence-electron chi connectivity index (χ0n) is 7.34. The summed E-state index contributed by atoms with van der Waals surface area (Å²) in [4.78, 5) is 0. The lowest BCUT2D eigenvalue weighted by Crippen LogP contribution is -2.31. The maximum absolute atomic E-state index is 5.82. The summed E-state index contributed by atoms with van der Waals surface area (Å²) in [5, 5.41) is 7.52. The Kier molecular flexibility index (Phi) is 4.85. The Morgan fingerprint density at radius 3 is 2.58 bits per heavy atom. The normalized spacial score (nSPS) is 12.7. The Morgan fingerprint density at radius 1 is 1.50 bits per heavy atom. The van der Waals surface area contributed by atoms with Gasteiger partial charge < -0.3 is 5.73 Å². The van der Waals surface area contributed by atoms with Gasteiger partial charge in [0.25, 0.3) is 0 Å². The molecule has 0 aromatic carbocycles. The second-order valence-corrected chi connectivity index (χ2v) is 3.03. The van der Waals surface area contributed by atoms with Crippen LogP contribution in [0.15, 0.2) is 12.4 Å². The molecule has 1 aromatic rings. The molecule has 0 amide bonds. The van der Waals surface area contributed by atoms with Crippen LogP contribution in [0.3, 0.4) is 0 Å². The van der Waals surface area contributed by atoms with Gasteiger partial charge in [0.2, 0.25) is 0 Å². The highest BCUT2D eigenvalue weighted by Crippen LogP contribution is 1.99. The van der Waals surface area contributed by atoms with Crippen LogP contribution in [0.1, 0.15) is 13.8 Å². The van der Waals surface area contributed by atoms with Crippen molar-refractivity contribution in [2.24, 2.45) is 11.7 Å². The number of rotatable bonds is 3. The summed E-state index contributed by atoms with van der Waals surface area (Å²) < 4.78 is 1.75. The molecule has 0 aliphatic heterocycles. The molecule has 0 aliphatic rings. The fourth-order valence-corrected chi connectivity index (χ4v) is 0.757. The molecule has 2 N–H and O–H groups in total. The van der Waals surface area contributed by atoms with E-state index in [9.17, 15) is 0 Å². The van der Waals surface area contributed by atoms with Crippen LogP contribution in [-0.2, 0) is 6.54 Å². The van der Waals surface area contributed by atoms with Gasteiger partial charge in [0.15, 0.2) is 0 Å². The first-order valence-corrected chi connectivity index (χ1v) is 3.80. The van der Waals surface area contributed by atoms with Gasteiger partial charge in [-0.15, -0.1) is 17.5 Å². The van der Waals surface area contributed by atoms with Gasteiger partial charge in [0, 0.05) is 12.2 Å². The van der Waals surface area contributed by atoms with Gasteiger partial charge in [0.05, 0.1) is 12.7 Å². The van der Waals surface area contributed by atoms with Crippen LogP contribution in [0.2, 0.25) is 0 Å². The lowest BCUT2D eigenvalue weighted by atomic mass is 10.1. The molecule has 4 nitrogen and oxygen atoms in total. The second kappa shape index (κ2) is 5.11. The Bertz CT molecular complexity index is 197. The molecule has 12 heavy (non-hydrogen) atoms. The van der Waals surface area contributed by atoms with E-state index in [4.69, 9.17) is 5.73 Å². The summed E-state index contributed by atoms with van der Waals surface area (Å²) in [5.41, 5.74) is 5.82. The third-order valence-corrected chi connectivity index (χ3v) is 1.73. The average Bonchev–Trinajstić information content (AvgIpc) is 2.39. The number of nitrogens with zero attached hydrogens (tertiary/aromatic N) is 3. The molecule has 0 saturated carbocycles. The summed E-state index contributed by atoms with van der Waals surface area (Å²) in [5.74, 6) is 0.485. The smallest absolute Gasteiger partial charge is 0.0692 e. The van der Waals surface area contributed by atoms with Gasteiger partial charge in [-0.2, -0.15) is 0 Å². The SMILES string of the molecule is CC(C)C(N)Cn1ccnn1.Cl. The van der Waals surface area contributed by atoms with Crippen molar-refractivity contribution >= 4 is 12.4 Å². The molecule has 1 atom stereocenters. The van der Waals surface area contributed by atoms with E-state index in [0.717, 1.165) is 6.54 Å². The van der Waals surface area contributed by atoms with E-state index >= 15 is 0 Å². The fourth-order valence-electron chi connectivity index (χ4n) is 0.757. The maximum Gasteiger partial charge on any atom is 0.0692 e. The van der Waals surface area contributed by atoms with E-state index in [1.54, 1.807) is 10.9 Å². The fraction of sp³-hybridized carbons (Fsp3) is 0.714. The lowest BCUT2D eigenvalue weighted by molar-refractivity contribution is 0.408. The molecule has 0 radical (unpaired) electrons. The quantitative estimate of drug-likeness (QED) is 0.763. The Labute approximate surface area is 78.5 Å². The Balaban J connectivity index is 0.00000121. The molecule has 5 heteroatoms. The van der Waals surface area contributed by atoms with Gasteiger partial charge in [-0.25, -0.2) is 0 Å². The number of hydrogen-bond acceptors (Lipinski definition) is 3. The predicted octanol–water partition coefficient (Wildman–Crippen LogP) is 0.683. The Hall–Kier alpha value is -0.610. The second-order valence-electron chi connectivity index (χ2n) is 3.03. The highest BCUT2D eigenvalue weighted by Gasteiger charge is 2.07. The van der Waals surface area contributed by atoms with Crippen molar-refractivity contribution < 1.29 is 0 Å². The van der Waals surface area contributed by atoms with Crippen LogP contribution >= 0.6 is 12.4 Å². The third kappa shape index (κ3) is 3.19. The van der Waals surface area contributed by atoms with Crippen molar-refractivity contribution in [2.45, 2.75) is 26.4 Å². The molecule has 1 rings (SSSR count). The molecule has 0 aliphatic carbocycles. The van der Waals surface area contributed by atoms with E-state index in [0.29, 0.717) is 5.92 Å². The standard InChI is InChI=1S/C7H14N4.ClH/c1-6(2)7(8)5-11-4-3-9-10-11;/h3-4,6-7H,5,8H2,1-2H3;1H. The predicted molar refractivity (Wildman–Crippen MR) is 50.1 cm³/mol. The van der Waals surface area contributed by atoms with E-state index in [1.165, 1.54) is 0 Å². The average molecular weight is 191 g/mol. The van der Waals surface area contributed by atoms with Crippen LogP contribution in [0.25, 0.3) is 0 Å². The van der Waals surface area contributed by atoms with Gasteiger partial charge in [0.1, 0.15) is 0 Å². The van der Waals surface area contributed by atoms with E-state index in [-0.39, 0.29) is 18.4 Å². The summed E-state index contributed by atoms with van der Waals surface area (Å²) in [6, 6.07) is 0.164. The summed E-state index contributed by atoms with van der Waals surface area (Å²) in [6.45, 7) is 4.95. The zero-order valence-corrected chi connectivity index (χ0v) is 8.16. The lowest BCUT2D eigenvalue weighted by Gasteiger charge is -2.14. The molecule has 1 heterocycles. The van der Waals surface area contributed by atoms with Crippen molar-refractivity contribution in [3.05, 3.63) is 12.4 Å². The minimum Gasteiger partial charge on any atom is -0.326 e. The van der Waals surface area contributed by atoms with Gasteiger partial charge >= 0.3 is 0 Å². The number of nitrogens with two attached hydrogens (primary N) is 1. The van der Waals surface area contributed by atoms with Crippen LogP contribution < -0.4 is 5.73 Å². The van der Waals surface area contributed by atoms with Gasteiger partial charge in [-0.1, -0.05) is 19.1 Å². The van der Waals surface area contributed by atoms with Crippen molar-refractivity contribution in [3.63, 3.8) is 0 Å².